The number of aromatic nitrogens is 3. The summed E-state index contributed by atoms with van der Waals surface area (Å²) in [5, 5.41) is 6.35. The van der Waals surface area contributed by atoms with E-state index in [0.29, 0.717) is 32.6 Å². The predicted molar refractivity (Wildman–Crippen MR) is 94.9 cm³/mol. The van der Waals surface area contributed by atoms with Crippen molar-refractivity contribution in [3.63, 3.8) is 0 Å². The fraction of sp³-hybridized carbons (Fsp3) is 0.471. The Kier molecular flexibility index (Phi) is 4.07. The van der Waals surface area contributed by atoms with Crippen LogP contribution in [0.3, 0.4) is 0 Å². The number of H-pyrrole nitrogens is 1. The zero-order valence-corrected chi connectivity index (χ0v) is 15.3. The van der Waals surface area contributed by atoms with Crippen LogP contribution in [-0.4, -0.2) is 71.1 Å². The van der Waals surface area contributed by atoms with Crippen molar-refractivity contribution in [3.05, 3.63) is 48.0 Å². The number of sulfonamides is 1. The molecule has 1 aromatic heterocycles. The minimum absolute atomic E-state index is 0.0419. The van der Waals surface area contributed by atoms with E-state index in [-0.39, 0.29) is 23.1 Å². The smallest absolute Gasteiger partial charge is 0.291 e. The maximum Gasteiger partial charge on any atom is 0.291 e. The highest BCUT2D eigenvalue weighted by molar-refractivity contribution is 7.88. The number of hydrogen-bond donors (Lipinski definition) is 1. The lowest BCUT2D eigenvalue weighted by atomic mass is 9.68. The van der Waals surface area contributed by atoms with Gasteiger partial charge < -0.3 is 4.90 Å². The summed E-state index contributed by atoms with van der Waals surface area (Å²) in [6, 6.07) is 10.0. The van der Waals surface area contributed by atoms with Gasteiger partial charge in [0.1, 0.15) is 6.33 Å². The molecule has 1 amide bonds. The molecule has 0 aliphatic carbocycles. The molecule has 8 nitrogen and oxygen atoms in total. The van der Waals surface area contributed by atoms with Crippen LogP contribution in [0.5, 0.6) is 0 Å². The second-order valence-electron chi connectivity index (χ2n) is 7.11. The fourth-order valence-electron chi connectivity index (χ4n) is 4.27. The van der Waals surface area contributed by atoms with Gasteiger partial charge in [0.05, 0.1) is 6.26 Å². The number of aromatic amines is 1. The van der Waals surface area contributed by atoms with E-state index < -0.39 is 10.0 Å². The second-order valence-corrected chi connectivity index (χ2v) is 9.09. The highest BCUT2D eigenvalue weighted by Gasteiger charge is 2.53. The molecule has 0 saturated carbocycles. The molecule has 0 radical (unpaired) electrons. The Balaban J connectivity index is 1.66. The molecule has 4 rings (SSSR count). The van der Waals surface area contributed by atoms with Gasteiger partial charge >= 0.3 is 0 Å². The number of fused-ring (bicyclic) bond motifs is 1. The molecule has 2 aliphatic heterocycles. The van der Waals surface area contributed by atoms with Crippen molar-refractivity contribution in [2.75, 3.05) is 32.4 Å². The molecule has 0 spiro atoms. The quantitative estimate of drug-likeness (QED) is 0.841. The Bertz CT molecular complexity index is 900. The summed E-state index contributed by atoms with van der Waals surface area (Å²) in [7, 11) is -3.29. The Morgan fingerprint density at radius 1 is 1.27 bits per heavy atom. The number of likely N-dealkylation sites (tertiary alicyclic amines) is 1. The average Bonchev–Trinajstić information content (AvgIpc) is 3.29. The van der Waals surface area contributed by atoms with E-state index in [0.717, 1.165) is 5.56 Å². The SMILES string of the molecule is CS(=O)(=O)N1C[C@H]2CN(C(=O)c3ncn[nH]3)CC[C@@]2(c2ccccc2)C1. The first kappa shape index (κ1) is 17.2. The lowest BCUT2D eigenvalue weighted by Crippen LogP contribution is -2.51. The standard InChI is InChI=1S/C17H21N5O3S/c1-26(24,25)22-10-14-9-21(16(23)15-18-12-19-20-15)8-7-17(14,11-22)13-5-3-2-4-6-13/h2-6,12,14H,7-11H2,1H3,(H,18,19,20)/t14-,17+/m1/s1. The number of carbonyl (C=O) groups excluding carboxylic acids is 1. The third-order valence-electron chi connectivity index (χ3n) is 5.66. The van der Waals surface area contributed by atoms with Crippen molar-refractivity contribution in [1.82, 2.24) is 24.4 Å². The maximum atomic E-state index is 12.6. The first-order valence-corrected chi connectivity index (χ1v) is 10.4. The molecule has 3 heterocycles. The summed E-state index contributed by atoms with van der Waals surface area (Å²) in [5.74, 6) is 0.0670. The third kappa shape index (κ3) is 2.80. The zero-order valence-electron chi connectivity index (χ0n) is 14.5. The Hall–Kier alpha value is -2.26. The number of benzene rings is 1. The number of piperidine rings is 1. The van der Waals surface area contributed by atoms with Gasteiger partial charge in [0.25, 0.3) is 5.91 Å². The minimum Gasteiger partial charge on any atom is -0.336 e. The molecule has 2 aliphatic rings. The molecule has 26 heavy (non-hydrogen) atoms. The van der Waals surface area contributed by atoms with Crippen LogP contribution in [0.4, 0.5) is 0 Å². The van der Waals surface area contributed by atoms with Gasteiger partial charge in [-0.2, -0.15) is 5.10 Å². The molecule has 0 unspecified atom stereocenters. The van der Waals surface area contributed by atoms with Crippen LogP contribution >= 0.6 is 0 Å². The maximum absolute atomic E-state index is 12.6. The van der Waals surface area contributed by atoms with E-state index in [2.05, 4.69) is 27.3 Å². The van der Waals surface area contributed by atoms with Crippen LogP contribution in [0.2, 0.25) is 0 Å². The van der Waals surface area contributed by atoms with E-state index in [9.17, 15) is 13.2 Å². The van der Waals surface area contributed by atoms with Crippen LogP contribution in [0, 0.1) is 5.92 Å². The molecule has 138 valence electrons. The summed E-state index contributed by atoms with van der Waals surface area (Å²) in [5.41, 5.74) is 0.880. The lowest BCUT2D eigenvalue weighted by Gasteiger charge is -2.43. The fourth-order valence-corrected chi connectivity index (χ4v) is 5.19. The molecule has 9 heteroatoms. The lowest BCUT2D eigenvalue weighted by molar-refractivity contribution is 0.0591. The van der Waals surface area contributed by atoms with E-state index in [4.69, 9.17) is 0 Å². The summed E-state index contributed by atoms with van der Waals surface area (Å²) < 4.78 is 25.9. The second kappa shape index (κ2) is 6.17. The Labute approximate surface area is 152 Å². The first-order valence-electron chi connectivity index (χ1n) is 8.55. The molecule has 1 aromatic carbocycles. The molecule has 2 saturated heterocycles. The normalized spacial score (nSPS) is 26.7. The number of hydrogen-bond acceptors (Lipinski definition) is 5. The molecule has 2 atom stereocenters. The molecule has 1 N–H and O–H groups in total. The predicted octanol–water partition coefficient (Wildman–Crippen LogP) is 0.480. The number of nitrogens with zero attached hydrogens (tertiary/aromatic N) is 4. The van der Waals surface area contributed by atoms with Crippen LogP contribution in [0.25, 0.3) is 0 Å². The van der Waals surface area contributed by atoms with Gasteiger partial charge in [-0.3, -0.25) is 9.89 Å². The van der Waals surface area contributed by atoms with Crippen molar-refractivity contribution in [2.24, 2.45) is 5.92 Å². The van der Waals surface area contributed by atoms with Gasteiger partial charge in [-0.05, 0) is 12.0 Å². The van der Waals surface area contributed by atoms with Crippen LogP contribution in [0.15, 0.2) is 36.7 Å². The van der Waals surface area contributed by atoms with Crippen molar-refractivity contribution in [1.29, 1.82) is 0 Å². The first-order chi connectivity index (χ1) is 12.4. The van der Waals surface area contributed by atoms with Gasteiger partial charge in [0.15, 0.2) is 0 Å². The number of rotatable bonds is 3. The van der Waals surface area contributed by atoms with Crippen molar-refractivity contribution in [2.45, 2.75) is 11.8 Å². The zero-order chi connectivity index (χ0) is 18.4. The average molecular weight is 375 g/mol. The Morgan fingerprint density at radius 3 is 2.69 bits per heavy atom. The highest BCUT2D eigenvalue weighted by Crippen LogP contribution is 2.46. The van der Waals surface area contributed by atoms with Gasteiger partial charge in [-0.25, -0.2) is 17.7 Å². The monoisotopic (exact) mass is 375 g/mol. The van der Waals surface area contributed by atoms with Crippen molar-refractivity contribution < 1.29 is 13.2 Å². The summed E-state index contributed by atoms with van der Waals surface area (Å²) in [4.78, 5) is 18.3. The van der Waals surface area contributed by atoms with Crippen LogP contribution in [0.1, 0.15) is 22.6 Å². The molecule has 2 fully saturated rings. The van der Waals surface area contributed by atoms with E-state index in [1.807, 2.05) is 18.2 Å². The molecule has 0 bridgehead atoms. The van der Waals surface area contributed by atoms with Gasteiger partial charge in [0.2, 0.25) is 15.8 Å². The van der Waals surface area contributed by atoms with Crippen molar-refractivity contribution >= 4 is 15.9 Å². The number of nitrogens with one attached hydrogen (secondary N) is 1. The van der Waals surface area contributed by atoms with E-state index in [1.54, 1.807) is 9.21 Å². The van der Waals surface area contributed by atoms with Crippen molar-refractivity contribution in [3.8, 4) is 0 Å². The van der Waals surface area contributed by atoms with Crippen LogP contribution < -0.4 is 0 Å². The van der Waals surface area contributed by atoms with Gasteiger partial charge in [-0.15, -0.1) is 0 Å². The minimum atomic E-state index is -3.29. The van der Waals surface area contributed by atoms with Gasteiger partial charge in [0, 0.05) is 37.5 Å². The number of carbonyl (C=O) groups is 1. The Morgan fingerprint density at radius 2 is 2.04 bits per heavy atom. The van der Waals surface area contributed by atoms with Gasteiger partial charge in [-0.1, -0.05) is 30.3 Å². The van der Waals surface area contributed by atoms with E-state index in [1.165, 1.54) is 12.6 Å². The summed E-state index contributed by atoms with van der Waals surface area (Å²) in [6.45, 7) is 1.95. The number of amides is 1. The van der Waals surface area contributed by atoms with Crippen LogP contribution in [-0.2, 0) is 15.4 Å². The molecule has 2 aromatic rings. The molecular formula is C17H21N5O3S. The van der Waals surface area contributed by atoms with E-state index >= 15 is 0 Å². The summed E-state index contributed by atoms with van der Waals surface area (Å²) in [6.07, 6.45) is 3.28. The third-order valence-corrected chi connectivity index (χ3v) is 6.87. The highest BCUT2D eigenvalue weighted by atomic mass is 32.2. The largest absolute Gasteiger partial charge is 0.336 e. The topological polar surface area (TPSA) is 99.3 Å². The summed E-state index contributed by atoms with van der Waals surface area (Å²) >= 11 is 0. The molecular weight excluding hydrogens is 354 g/mol.